The molecule has 0 aromatic heterocycles. The molecular weight excluding hydrogens is 312 g/mol. The van der Waals surface area contributed by atoms with Crippen molar-refractivity contribution in [3.05, 3.63) is 30.3 Å². The van der Waals surface area contributed by atoms with Crippen LogP contribution in [-0.2, 0) is 10.0 Å². The van der Waals surface area contributed by atoms with E-state index in [9.17, 15) is 13.2 Å². The van der Waals surface area contributed by atoms with Gasteiger partial charge in [-0.3, -0.25) is 0 Å². The van der Waals surface area contributed by atoms with Gasteiger partial charge in [0.2, 0.25) is 0 Å². The molecule has 4 aliphatic rings. The SMILES string of the molecule is O=C(NC12CC3CC(CC(C3)C1)C2)NS(=O)(=O)c1ccccc1. The van der Waals surface area contributed by atoms with Crippen LogP contribution >= 0.6 is 0 Å². The Morgan fingerprint density at radius 1 is 0.957 bits per heavy atom. The van der Waals surface area contributed by atoms with Gasteiger partial charge in [-0.15, -0.1) is 0 Å². The van der Waals surface area contributed by atoms with E-state index in [0.717, 1.165) is 19.3 Å². The molecule has 0 spiro atoms. The Hall–Kier alpha value is -1.56. The molecule has 6 heteroatoms. The predicted molar refractivity (Wildman–Crippen MR) is 86.2 cm³/mol. The van der Waals surface area contributed by atoms with Crippen molar-refractivity contribution >= 4 is 16.1 Å². The molecule has 5 rings (SSSR count). The molecule has 0 heterocycles. The molecule has 23 heavy (non-hydrogen) atoms. The Kier molecular flexibility index (Phi) is 3.41. The maximum atomic E-state index is 12.3. The Morgan fingerprint density at radius 3 is 2.00 bits per heavy atom. The summed E-state index contributed by atoms with van der Waals surface area (Å²) in [6, 6.07) is 7.42. The highest BCUT2D eigenvalue weighted by molar-refractivity contribution is 7.90. The van der Waals surface area contributed by atoms with E-state index in [0.29, 0.717) is 17.8 Å². The Bertz CT molecular complexity index is 679. The minimum atomic E-state index is -3.81. The Morgan fingerprint density at radius 2 is 1.48 bits per heavy atom. The van der Waals surface area contributed by atoms with Gasteiger partial charge in [0.15, 0.2) is 0 Å². The second kappa shape index (κ2) is 5.23. The third-order valence-electron chi connectivity index (χ3n) is 5.70. The summed E-state index contributed by atoms with van der Waals surface area (Å²) in [6.45, 7) is 0. The lowest BCUT2D eigenvalue weighted by molar-refractivity contribution is -0.0132. The van der Waals surface area contributed by atoms with Crippen LogP contribution in [0, 0.1) is 17.8 Å². The average molecular weight is 334 g/mol. The Labute approximate surface area is 136 Å². The quantitative estimate of drug-likeness (QED) is 0.892. The van der Waals surface area contributed by atoms with Gasteiger partial charge in [0.25, 0.3) is 10.0 Å². The van der Waals surface area contributed by atoms with Crippen LogP contribution in [0.1, 0.15) is 38.5 Å². The fourth-order valence-corrected chi connectivity index (χ4v) is 6.24. The molecule has 124 valence electrons. The van der Waals surface area contributed by atoms with E-state index in [1.54, 1.807) is 18.2 Å². The van der Waals surface area contributed by atoms with E-state index >= 15 is 0 Å². The summed E-state index contributed by atoms with van der Waals surface area (Å²) in [5, 5.41) is 3.02. The average Bonchev–Trinajstić information content (AvgIpc) is 2.45. The minimum absolute atomic E-state index is 0.112. The van der Waals surface area contributed by atoms with Crippen molar-refractivity contribution in [2.75, 3.05) is 0 Å². The molecule has 0 aliphatic heterocycles. The summed E-state index contributed by atoms with van der Waals surface area (Å²) < 4.78 is 26.7. The fourth-order valence-electron chi connectivity index (χ4n) is 5.31. The molecule has 4 fully saturated rings. The molecule has 5 nitrogen and oxygen atoms in total. The number of hydrogen-bond acceptors (Lipinski definition) is 3. The third kappa shape index (κ3) is 2.84. The minimum Gasteiger partial charge on any atom is -0.332 e. The van der Waals surface area contributed by atoms with Crippen molar-refractivity contribution in [3.63, 3.8) is 0 Å². The number of carbonyl (C=O) groups excluding carboxylic acids is 1. The molecular formula is C17H22N2O3S. The molecule has 0 atom stereocenters. The van der Waals surface area contributed by atoms with Crippen molar-refractivity contribution in [3.8, 4) is 0 Å². The van der Waals surface area contributed by atoms with Gasteiger partial charge in [-0.1, -0.05) is 18.2 Å². The third-order valence-corrected chi connectivity index (χ3v) is 7.04. The van der Waals surface area contributed by atoms with Gasteiger partial charge in [-0.2, -0.15) is 0 Å². The van der Waals surface area contributed by atoms with Crippen molar-refractivity contribution in [2.24, 2.45) is 17.8 Å². The number of amides is 2. The van der Waals surface area contributed by atoms with E-state index in [2.05, 4.69) is 10.0 Å². The molecule has 4 aliphatic carbocycles. The van der Waals surface area contributed by atoms with Crippen LogP contribution in [0.3, 0.4) is 0 Å². The summed E-state index contributed by atoms with van der Waals surface area (Å²) >= 11 is 0. The number of sulfonamides is 1. The number of nitrogens with one attached hydrogen (secondary N) is 2. The van der Waals surface area contributed by atoms with E-state index in [1.165, 1.54) is 31.4 Å². The van der Waals surface area contributed by atoms with Gasteiger partial charge < -0.3 is 5.32 Å². The second-order valence-corrected chi connectivity index (χ2v) is 9.25. The van der Waals surface area contributed by atoms with Crippen molar-refractivity contribution in [1.82, 2.24) is 10.0 Å². The molecule has 2 amide bonds. The fraction of sp³-hybridized carbons (Fsp3) is 0.588. The van der Waals surface area contributed by atoms with Crippen LogP contribution in [-0.4, -0.2) is 20.0 Å². The van der Waals surface area contributed by atoms with E-state index in [1.807, 2.05) is 0 Å². The molecule has 0 unspecified atom stereocenters. The largest absolute Gasteiger partial charge is 0.332 e. The van der Waals surface area contributed by atoms with Gasteiger partial charge in [-0.05, 0) is 68.4 Å². The predicted octanol–water partition coefficient (Wildman–Crippen LogP) is 2.64. The van der Waals surface area contributed by atoms with Gasteiger partial charge in [0.1, 0.15) is 0 Å². The summed E-state index contributed by atoms with van der Waals surface area (Å²) in [5.74, 6) is 2.10. The summed E-state index contributed by atoms with van der Waals surface area (Å²) in [6.07, 6.45) is 6.84. The molecule has 4 saturated carbocycles. The van der Waals surface area contributed by atoms with E-state index < -0.39 is 16.1 Å². The van der Waals surface area contributed by atoms with Gasteiger partial charge in [-0.25, -0.2) is 17.9 Å². The maximum Gasteiger partial charge on any atom is 0.329 e. The lowest BCUT2D eigenvalue weighted by atomic mass is 9.53. The van der Waals surface area contributed by atoms with Gasteiger partial charge in [0, 0.05) is 5.54 Å². The van der Waals surface area contributed by atoms with Crippen LogP contribution in [0.25, 0.3) is 0 Å². The zero-order valence-corrected chi connectivity index (χ0v) is 13.8. The highest BCUT2D eigenvalue weighted by Crippen LogP contribution is 2.55. The zero-order chi connectivity index (χ0) is 16.1. The normalized spacial score (nSPS) is 35.0. The topological polar surface area (TPSA) is 75.3 Å². The van der Waals surface area contributed by atoms with Crippen LogP contribution < -0.4 is 10.0 Å². The smallest absolute Gasteiger partial charge is 0.329 e. The number of rotatable bonds is 3. The van der Waals surface area contributed by atoms with Gasteiger partial charge in [0.05, 0.1) is 4.90 Å². The van der Waals surface area contributed by atoms with E-state index in [4.69, 9.17) is 0 Å². The number of urea groups is 1. The molecule has 0 radical (unpaired) electrons. The van der Waals surface area contributed by atoms with E-state index in [-0.39, 0.29) is 10.4 Å². The summed E-state index contributed by atoms with van der Waals surface area (Å²) in [5.41, 5.74) is -0.189. The first-order valence-electron chi connectivity index (χ1n) is 8.34. The van der Waals surface area contributed by atoms with Crippen molar-refractivity contribution in [1.29, 1.82) is 0 Å². The number of carbonyl (C=O) groups is 1. The van der Waals surface area contributed by atoms with Crippen molar-refractivity contribution in [2.45, 2.75) is 49.0 Å². The second-order valence-electron chi connectivity index (χ2n) is 7.57. The first kappa shape index (κ1) is 15.0. The first-order valence-corrected chi connectivity index (χ1v) is 9.82. The summed E-state index contributed by atoms with van der Waals surface area (Å²) in [7, 11) is -3.81. The Balaban J connectivity index is 1.46. The standard InChI is InChI=1S/C17H22N2O3S/c20-16(19-23(21,22)15-4-2-1-3-5-15)18-17-9-12-6-13(10-17)8-14(7-12)11-17/h1-5,12-14H,6-11H2,(H2,18,19,20). The number of benzene rings is 1. The zero-order valence-electron chi connectivity index (χ0n) is 13.0. The highest BCUT2D eigenvalue weighted by atomic mass is 32.2. The molecule has 4 bridgehead atoms. The van der Waals surface area contributed by atoms with Crippen molar-refractivity contribution < 1.29 is 13.2 Å². The monoisotopic (exact) mass is 334 g/mol. The highest BCUT2D eigenvalue weighted by Gasteiger charge is 2.51. The molecule has 0 saturated heterocycles. The molecule has 1 aromatic rings. The lowest BCUT2D eigenvalue weighted by Crippen LogP contribution is -2.61. The maximum absolute atomic E-state index is 12.3. The van der Waals surface area contributed by atoms with Crippen LogP contribution in [0.15, 0.2) is 35.2 Å². The van der Waals surface area contributed by atoms with Crippen LogP contribution in [0.5, 0.6) is 0 Å². The van der Waals surface area contributed by atoms with Gasteiger partial charge >= 0.3 is 6.03 Å². The lowest BCUT2D eigenvalue weighted by Gasteiger charge is -2.56. The molecule has 1 aromatic carbocycles. The van der Waals surface area contributed by atoms with Crippen LogP contribution in [0.4, 0.5) is 4.79 Å². The number of hydrogen-bond donors (Lipinski definition) is 2. The molecule has 2 N–H and O–H groups in total. The summed E-state index contributed by atoms with van der Waals surface area (Å²) in [4.78, 5) is 12.4. The first-order chi connectivity index (χ1) is 10.9. The van der Waals surface area contributed by atoms with Crippen LogP contribution in [0.2, 0.25) is 0 Å².